The predicted octanol–water partition coefficient (Wildman–Crippen LogP) is 15.4. The first kappa shape index (κ1) is 70.4. The molecule has 1 fully saturated rings. The molecule has 0 spiro atoms. The van der Waals surface area contributed by atoms with Gasteiger partial charge in [0.25, 0.3) is 0 Å². The van der Waals surface area contributed by atoms with Gasteiger partial charge in [0.1, 0.15) is 18.8 Å². The summed E-state index contributed by atoms with van der Waals surface area (Å²) in [7, 11) is 0. The van der Waals surface area contributed by atoms with Gasteiger partial charge in [0.05, 0.1) is 13.0 Å². The highest BCUT2D eigenvalue weighted by atomic mass is 16.7. The van der Waals surface area contributed by atoms with Gasteiger partial charge < -0.3 is 39.0 Å². The maximum Gasteiger partial charge on any atom is 0.335 e. The minimum Gasteiger partial charge on any atom is -0.479 e. The molecule has 12 heteroatoms. The average Bonchev–Trinajstić information content (AvgIpc) is 3.41. The van der Waals surface area contributed by atoms with E-state index in [1.807, 2.05) is 18.2 Å². The van der Waals surface area contributed by atoms with E-state index in [0.717, 1.165) is 116 Å². The molecule has 0 aromatic carbocycles. The number of carboxylic acid groups (broad SMARTS) is 1. The summed E-state index contributed by atoms with van der Waals surface area (Å²) >= 11 is 0. The van der Waals surface area contributed by atoms with E-state index in [0.29, 0.717) is 19.3 Å². The zero-order valence-corrected chi connectivity index (χ0v) is 47.9. The van der Waals surface area contributed by atoms with Crippen molar-refractivity contribution >= 4 is 23.9 Å². The highest BCUT2D eigenvalue weighted by molar-refractivity contribution is 5.74. The zero-order chi connectivity index (χ0) is 56.1. The van der Waals surface area contributed by atoms with Crippen molar-refractivity contribution in [2.24, 2.45) is 0 Å². The minimum absolute atomic E-state index is 0.0336. The van der Waals surface area contributed by atoms with E-state index in [1.165, 1.54) is 51.4 Å². The maximum atomic E-state index is 13.1. The van der Waals surface area contributed by atoms with Crippen LogP contribution in [0.1, 0.15) is 226 Å². The van der Waals surface area contributed by atoms with Crippen LogP contribution in [0.25, 0.3) is 0 Å². The first-order chi connectivity index (χ1) is 37.6. The normalized spacial score (nSPS) is 18.8. The fourth-order valence-corrected chi connectivity index (χ4v) is 8.27. The van der Waals surface area contributed by atoms with Crippen LogP contribution in [0.3, 0.4) is 0 Å². The standard InChI is InChI=1S/C65H104O12/c1-4-7-10-13-16-19-22-25-27-28-29-30-32-34-36-39-42-45-48-51-57(66)73-54-56(75-58(67)52-49-46-43-40-38-35-31-26-23-20-17-14-11-8-5-2)55-74-65-63(61(70)60(69)62(77-65)64(71)72)76-59(68)53-50-47-44-41-37-33-24-21-18-15-12-9-6-3/h8,11,16-17,19-21,24-27,29-31,38,40,46,49,56,60-63,65,69-70H,4-7,9-10,12-15,18,22-23,28,32-37,39,41-45,47-48,50-55H2,1-3H3,(H,71,72)/b11-8-,19-16-,20-17-,24-21-,27-25-,30-29-,31-26-,40-38-,49-46-. The molecule has 0 radical (unpaired) electrons. The van der Waals surface area contributed by atoms with E-state index in [1.54, 1.807) is 6.08 Å². The lowest BCUT2D eigenvalue weighted by atomic mass is 9.98. The molecule has 0 bridgehead atoms. The van der Waals surface area contributed by atoms with Crippen LogP contribution in [-0.2, 0) is 42.9 Å². The molecule has 1 saturated heterocycles. The monoisotopic (exact) mass is 1080 g/mol. The molecule has 12 nitrogen and oxygen atoms in total. The van der Waals surface area contributed by atoms with E-state index < -0.39 is 67.3 Å². The number of carboxylic acids is 1. The lowest BCUT2D eigenvalue weighted by Gasteiger charge is -2.40. The molecule has 436 valence electrons. The highest BCUT2D eigenvalue weighted by Gasteiger charge is 2.50. The van der Waals surface area contributed by atoms with Gasteiger partial charge >= 0.3 is 23.9 Å². The van der Waals surface area contributed by atoms with Crippen molar-refractivity contribution in [2.75, 3.05) is 13.2 Å². The third-order valence-corrected chi connectivity index (χ3v) is 12.8. The van der Waals surface area contributed by atoms with Gasteiger partial charge in [-0.05, 0) is 109 Å². The molecule has 6 unspecified atom stereocenters. The Bertz CT molecular complexity index is 1750. The maximum absolute atomic E-state index is 13.1. The number of rotatable bonds is 49. The Hall–Kier alpha value is -4.62. The molecule has 3 N–H and O–H groups in total. The molecule has 0 saturated carbocycles. The first-order valence-electron chi connectivity index (χ1n) is 29.9. The Balaban J connectivity index is 2.75. The predicted molar refractivity (Wildman–Crippen MR) is 312 cm³/mol. The molecular formula is C65H104O12. The van der Waals surface area contributed by atoms with Gasteiger partial charge in [-0.25, -0.2) is 4.79 Å². The highest BCUT2D eigenvalue weighted by Crippen LogP contribution is 2.26. The van der Waals surface area contributed by atoms with Gasteiger partial charge in [-0.1, -0.05) is 207 Å². The van der Waals surface area contributed by atoms with Gasteiger partial charge in [-0.15, -0.1) is 0 Å². The quantitative estimate of drug-likeness (QED) is 0.0228. The van der Waals surface area contributed by atoms with Gasteiger partial charge in [0.15, 0.2) is 24.6 Å². The molecule has 6 atom stereocenters. The topological polar surface area (TPSA) is 175 Å². The van der Waals surface area contributed by atoms with Crippen molar-refractivity contribution in [3.63, 3.8) is 0 Å². The average molecular weight is 1080 g/mol. The fraction of sp³-hybridized carbons (Fsp3) is 0.662. The molecule has 0 amide bonds. The largest absolute Gasteiger partial charge is 0.479 e. The van der Waals surface area contributed by atoms with Crippen molar-refractivity contribution in [1.29, 1.82) is 0 Å². The number of aliphatic hydroxyl groups is 2. The van der Waals surface area contributed by atoms with Crippen molar-refractivity contribution in [3.8, 4) is 0 Å². The number of carbonyl (C=O) groups excluding carboxylic acids is 3. The van der Waals surface area contributed by atoms with Crippen LogP contribution in [0.4, 0.5) is 0 Å². The zero-order valence-electron chi connectivity index (χ0n) is 47.9. The Labute approximate surface area is 465 Å². The van der Waals surface area contributed by atoms with Gasteiger partial charge in [0.2, 0.25) is 0 Å². The summed E-state index contributed by atoms with van der Waals surface area (Å²) in [6.45, 7) is 5.72. The van der Waals surface area contributed by atoms with Crippen LogP contribution in [0, 0.1) is 0 Å². The lowest BCUT2D eigenvalue weighted by Crippen LogP contribution is -2.61. The van der Waals surface area contributed by atoms with Crippen molar-refractivity contribution in [2.45, 2.75) is 263 Å². The van der Waals surface area contributed by atoms with Crippen LogP contribution < -0.4 is 0 Å². The Morgan fingerprint density at radius 2 is 0.857 bits per heavy atom. The summed E-state index contributed by atoms with van der Waals surface area (Å²) in [5.74, 6) is -3.33. The van der Waals surface area contributed by atoms with E-state index >= 15 is 0 Å². The van der Waals surface area contributed by atoms with Crippen molar-refractivity contribution < 1.29 is 58.2 Å². The Kier molecular flexibility index (Phi) is 47.6. The Morgan fingerprint density at radius 1 is 0.455 bits per heavy atom. The van der Waals surface area contributed by atoms with Crippen LogP contribution in [0.2, 0.25) is 0 Å². The van der Waals surface area contributed by atoms with Gasteiger partial charge in [-0.2, -0.15) is 0 Å². The van der Waals surface area contributed by atoms with E-state index in [2.05, 4.69) is 106 Å². The van der Waals surface area contributed by atoms with Crippen molar-refractivity contribution in [1.82, 2.24) is 0 Å². The minimum atomic E-state index is -1.92. The Morgan fingerprint density at radius 3 is 1.35 bits per heavy atom. The van der Waals surface area contributed by atoms with Crippen molar-refractivity contribution in [3.05, 3.63) is 109 Å². The second kappa shape index (κ2) is 52.1. The molecule has 0 aliphatic carbocycles. The summed E-state index contributed by atoms with van der Waals surface area (Å²) < 4.78 is 28.3. The number of unbranched alkanes of at least 4 members (excludes halogenated alkanes) is 18. The number of aliphatic hydroxyl groups excluding tert-OH is 2. The van der Waals surface area contributed by atoms with Gasteiger partial charge in [0, 0.05) is 12.8 Å². The molecule has 1 aliphatic heterocycles. The molecule has 0 aromatic heterocycles. The third-order valence-electron chi connectivity index (χ3n) is 12.8. The summed E-state index contributed by atoms with van der Waals surface area (Å²) in [6, 6.07) is 0. The number of esters is 3. The van der Waals surface area contributed by atoms with Gasteiger partial charge in [-0.3, -0.25) is 14.4 Å². The number of aliphatic carboxylic acids is 1. The molecule has 1 heterocycles. The SMILES string of the molecule is CC/C=C\C/C=C\C/C=C\C/C=C\C/C=C\CC(=O)OC(COC(=O)CCCCCCCC/C=C\C/C=C\C/C=C\CCCCC)COC1OC(C(=O)O)C(O)C(O)C1OC(=O)CCCCCCC/C=C\CCCCCC. The second-order valence-corrected chi connectivity index (χ2v) is 19.9. The lowest BCUT2D eigenvalue weighted by molar-refractivity contribution is -0.301. The summed E-state index contributed by atoms with van der Waals surface area (Å²) in [4.78, 5) is 51.1. The summed E-state index contributed by atoms with van der Waals surface area (Å²) in [6.07, 6.45) is 58.0. The first-order valence-corrected chi connectivity index (χ1v) is 29.9. The molecular weight excluding hydrogens is 973 g/mol. The van der Waals surface area contributed by atoms with E-state index in [-0.39, 0.29) is 25.9 Å². The summed E-state index contributed by atoms with van der Waals surface area (Å²) in [5, 5.41) is 31.5. The van der Waals surface area contributed by atoms with Crippen LogP contribution in [-0.4, -0.2) is 89.2 Å². The third kappa shape index (κ3) is 42.1. The van der Waals surface area contributed by atoms with Crippen LogP contribution in [0.5, 0.6) is 0 Å². The summed E-state index contributed by atoms with van der Waals surface area (Å²) in [5.41, 5.74) is 0. The number of hydrogen-bond acceptors (Lipinski definition) is 11. The number of allylic oxidation sites excluding steroid dienone is 17. The fourth-order valence-electron chi connectivity index (χ4n) is 8.27. The molecule has 1 rings (SSSR count). The van der Waals surface area contributed by atoms with E-state index in [9.17, 15) is 34.5 Å². The second-order valence-electron chi connectivity index (χ2n) is 19.9. The number of hydrogen-bond donors (Lipinski definition) is 3. The molecule has 1 aliphatic rings. The van der Waals surface area contributed by atoms with Crippen LogP contribution >= 0.6 is 0 Å². The number of ether oxygens (including phenoxy) is 5. The smallest absolute Gasteiger partial charge is 0.335 e. The molecule has 77 heavy (non-hydrogen) atoms. The number of carbonyl (C=O) groups is 4. The van der Waals surface area contributed by atoms with E-state index in [4.69, 9.17) is 23.7 Å². The van der Waals surface area contributed by atoms with Crippen LogP contribution in [0.15, 0.2) is 109 Å². The molecule has 0 aromatic rings.